The molecular weight excluding hydrogens is 488 g/mol. The van der Waals surface area contributed by atoms with Crippen LogP contribution in [0.3, 0.4) is 0 Å². The van der Waals surface area contributed by atoms with Gasteiger partial charge in [0.05, 0.1) is 4.90 Å². The molecule has 0 fully saturated rings. The highest BCUT2D eigenvalue weighted by molar-refractivity contribution is 7.89. The topological polar surface area (TPSA) is 151 Å². The van der Waals surface area contributed by atoms with E-state index in [1.165, 1.54) is 36.8 Å². The van der Waals surface area contributed by atoms with Gasteiger partial charge in [0.15, 0.2) is 0 Å². The Morgan fingerprint density at radius 2 is 1.76 bits per heavy atom. The number of hydrogen-bond acceptors (Lipinski definition) is 7. The van der Waals surface area contributed by atoms with E-state index in [1.807, 2.05) is 11.1 Å². The smallest absolute Gasteiger partial charge is 0.329 e. The van der Waals surface area contributed by atoms with E-state index in [1.54, 1.807) is 24.3 Å². The number of ether oxygens (including phenoxy) is 1. The molecule has 0 aliphatic heterocycles. The van der Waals surface area contributed by atoms with E-state index >= 15 is 0 Å². The molecule has 180 valence electrons. The first-order valence-electron chi connectivity index (χ1n) is 9.88. The van der Waals surface area contributed by atoms with Gasteiger partial charge in [0.2, 0.25) is 10.0 Å². The summed E-state index contributed by atoms with van der Waals surface area (Å²) >= 11 is 5.92. The van der Waals surface area contributed by atoms with Crippen LogP contribution in [0.1, 0.15) is 6.42 Å². The lowest BCUT2D eigenvalue weighted by atomic mass is 10.2. The summed E-state index contributed by atoms with van der Waals surface area (Å²) in [4.78, 5) is 37.5. The molecule has 1 heterocycles. The average Bonchev–Trinajstić information content (AvgIpc) is 2.81. The van der Waals surface area contributed by atoms with Gasteiger partial charge < -0.3 is 4.74 Å². The normalized spacial score (nSPS) is 12.4. The molecule has 13 heteroatoms. The van der Waals surface area contributed by atoms with E-state index < -0.39 is 33.2 Å². The summed E-state index contributed by atoms with van der Waals surface area (Å²) in [6, 6.07) is 14.1. The zero-order chi connectivity index (χ0) is 24.9. The summed E-state index contributed by atoms with van der Waals surface area (Å²) in [6.45, 7) is -0.212. The number of hydroxylamine groups is 1. The van der Waals surface area contributed by atoms with Crippen LogP contribution >= 0.6 is 11.6 Å². The summed E-state index contributed by atoms with van der Waals surface area (Å²) in [7, 11) is -3.02. The molecule has 0 radical (unpaired) electrons. The third-order valence-electron chi connectivity index (χ3n) is 4.94. The summed E-state index contributed by atoms with van der Waals surface area (Å²) < 4.78 is 33.7. The lowest BCUT2D eigenvalue weighted by molar-refractivity contribution is -0.133. The Labute approximate surface area is 199 Å². The second-order valence-corrected chi connectivity index (χ2v) is 9.49. The van der Waals surface area contributed by atoms with Gasteiger partial charge in [0.25, 0.3) is 11.5 Å². The van der Waals surface area contributed by atoms with E-state index in [2.05, 4.69) is 0 Å². The molecule has 11 nitrogen and oxygen atoms in total. The van der Waals surface area contributed by atoms with Crippen molar-refractivity contribution in [1.82, 2.24) is 19.3 Å². The molecule has 3 N–H and O–H groups in total. The molecule has 1 aromatic heterocycles. The van der Waals surface area contributed by atoms with Gasteiger partial charge in [0.1, 0.15) is 22.7 Å². The largest absolute Gasteiger partial charge is 0.457 e. The van der Waals surface area contributed by atoms with Crippen molar-refractivity contribution in [2.45, 2.75) is 23.9 Å². The number of nitrogens with one attached hydrogen (secondary N) is 2. The second kappa shape index (κ2) is 10.7. The number of hydrogen-bond donors (Lipinski definition) is 3. The number of amides is 1. The van der Waals surface area contributed by atoms with Crippen LogP contribution in [-0.4, -0.2) is 46.5 Å². The zero-order valence-electron chi connectivity index (χ0n) is 17.8. The minimum atomic E-state index is -4.19. The molecule has 0 spiro atoms. The van der Waals surface area contributed by atoms with Gasteiger partial charge in [-0.3, -0.25) is 24.3 Å². The third-order valence-corrected chi connectivity index (χ3v) is 7.13. The number of aromatic nitrogens is 2. The quantitative estimate of drug-likeness (QED) is 0.225. The van der Waals surface area contributed by atoms with Crippen LogP contribution in [0.25, 0.3) is 0 Å². The first kappa shape index (κ1) is 25.2. The van der Waals surface area contributed by atoms with Gasteiger partial charge in [-0.2, -0.15) is 4.31 Å². The molecule has 3 rings (SSSR count). The fourth-order valence-electron chi connectivity index (χ4n) is 3.14. The van der Waals surface area contributed by atoms with Crippen molar-refractivity contribution >= 4 is 27.5 Å². The molecule has 0 aliphatic carbocycles. The first-order chi connectivity index (χ1) is 16.1. The van der Waals surface area contributed by atoms with Crippen molar-refractivity contribution in [3.05, 3.63) is 86.7 Å². The SMILES string of the molecule is CN(C(CCn1c(Cl)cc(=O)[nH]c1=O)C(=O)NO)S(=O)(=O)c1ccc(Oc2ccccc2)cc1. The number of aromatic amines is 1. The number of sulfonamides is 1. The van der Waals surface area contributed by atoms with Crippen molar-refractivity contribution in [3.8, 4) is 11.5 Å². The molecule has 0 saturated heterocycles. The van der Waals surface area contributed by atoms with Crippen molar-refractivity contribution in [3.63, 3.8) is 0 Å². The Morgan fingerprint density at radius 3 is 2.35 bits per heavy atom. The summed E-state index contributed by atoms with van der Waals surface area (Å²) in [5, 5.41) is 8.95. The van der Waals surface area contributed by atoms with E-state index in [0.29, 0.717) is 11.5 Å². The van der Waals surface area contributed by atoms with E-state index in [9.17, 15) is 22.8 Å². The lowest BCUT2D eigenvalue weighted by Crippen LogP contribution is -2.47. The second-order valence-electron chi connectivity index (χ2n) is 7.10. The van der Waals surface area contributed by atoms with Gasteiger partial charge in [-0.1, -0.05) is 29.8 Å². The molecule has 34 heavy (non-hydrogen) atoms. The molecule has 0 aliphatic rings. The van der Waals surface area contributed by atoms with Crippen molar-refractivity contribution in [2.24, 2.45) is 0 Å². The van der Waals surface area contributed by atoms with E-state index in [0.717, 1.165) is 14.9 Å². The van der Waals surface area contributed by atoms with E-state index in [4.69, 9.17) is 21.5 Å². The van der Waals surface area contributed by atoms with Gasteiger partial charge in [-0.05, 0) is 42.8 Å². The molecule has 1 unspecified atom stereocenters. The number of carbonyl (C=O) groups is 1. The lowest BCUT2D eigenvalue weighted by Gasteiger charge is -2.26. The van der Waals surface area contributed by atoms with Crippen LogP contribution < -0.4 is 21.5 Å². The predicted molar refractivity (Wildman–Crippen MR) is 123 cm³/mol. The van der Waals surface area contributed by atoms with Crippen LogP contribution in [0, 0.1) is 0 Å². The van der Waals surface area contributed by atoms with Crippen LogP contribution in [0.4, 0.5) is 0 Å². The average molecular weight is 509 g/mol. The van der Waals surface area contributed by atoms with E-state index in [-0.39, 0.29) is 23.0 Å². The fraction of sp³-hybridized carbons (Fsp3) is 0.190. The van der Waals surface area contributed by atoms with Crippen molar-refractivity contribution in [2.75, 3.05) is 7.05 Å². The standard InChI is InChI=1S/C21H21ClN4O7S/c1-25(17(20(28)24-30)11-12-26-18(22)13-19(27)23-21(26)29)34(31,32)16-9-7-15(8-10-16)33-14-5-3-2-4-6-14/h2-10,13,17,30H,11-12H2,1H3,(H,24,28)(H,23,27,29). The first-order valence-corrected chi connectivity index (χ1v) is 11.7. The number of para-hydroxylation sites is 1. The number of likely N-dealkylation sites (N-methyl/N-ethyl adjacent to an activating group) is 1. The molecule has 0 saturated carbocycles. The third kappa shape index (κ3) is 5.72. The van der Waals surface area contributed by atoms with Crippen LogP contribution in [0.2, 0.25) is 5.15 Å². The highest BCUT2D eigenvalue weighted by Gasteiger charge is 2.33. The fourth-order valence-corrected chi connectivity index (χ4v) is 4.75. The summed E-state index contributed by atoms with van der Waals surface area (Å²) in [5.41, 5.74) is -0.0808. The van der Waals surface area contributed by atoms with Crippen molar-refractivity contribution < 1.29 is 23.2 Å². The Hall–Kier alpha value is -3.45. The maximum absolute atomic E-state index is 13.1. The zero-order valence-corrected chi connectivity index (χ0v) is 19.4. The van der Waals surface area contributed by atoms with Gasteiger partial charge >= 0.3 is 5.69 Å². The summed E-state index contributed by atoms with van der Waals surface area (Å²) in [5.74, 6) is -0.0284. The molecular formula is C21H21ClN4O7S. The number of nitrogens with zero attached hydrogens (tertiary/aromatic N) is 2. The predicted octanol–water partition coefficient (Wildman–Crippen LogP) is 1.57. The van der Waals surface area contributed by atoms with Crippen molar-refractivity contribution in [1.29, 1.82) is 0 Å². The number of benzene rings is 2. The minimum absolute atomic E-state index is 0.120. The Bertz CT molecular complexity index is 1370. The maximum atomic E-state index is 13.1. The summed E-state index contributed by atoms with van der Waals surface area (Å²) in [6.07, 6.45) is -0.233. The highest BCUT2D eigenvalue weighted by Crippen LogP contribution is 2.25. The molecule has 0 bridgehead atoms. The van der Waals surface area contributed by atoms with Gasteiger partial charge in [0, 0.05) is 19.7 Å². The highest BCUT2D eigenvalue weighted by atomic mass is 35.5. The number of carbonyl (C=O) groups excluding carboxylic acids is 1. The van der Waals surface area contributed by atoms with Gasteiger partial charge in [-0.25, -0.2) is 18.7 Å². The van der Waals surface area contributed by atoms with Crippen LogP contribution in [0.5, 0.6) is 11.5 Å². The van der Waals surface area contributed by atoms with Crippen LogP contribution in [0.15, 0.2) is 75.1 Å². The Balaban J connectivity index is 1.81. The Morgan fingerprint density at radius 1 is 1.15 bits per heavy atom. The molecule has 3 aromatic rings. The number of rotatable bonds is 9. The number of H-pyrrole nitrogens is 1. The Kier molecular flexibility index (Phi) is 7.89. The maximum Gasteiger partial charge on any atom is 0.329 e. The minimum Gasteiger partial charge on any atom is -0.457 e. The molecule has 1 atom stereocenters. The number of halogens is 1. The van der Waals surface area contributed by atoms with Crippen LogP contribution in [-0.2, 0) is 21.4 Å². The monoisotopic (exact) mass is 508 g/mol. The molecule has 2 aromatic carbocycles. The van der Waals surface area contributed by atoms with Gasteiger partial charge in [-0.15, -0.1) is 0 Å². The molecule has 1 amide bonds.